The van der Waals surface area contributed by atoms with Crippen LogP contribution in [0.4, 0.5) is 0 Å². The van der Waals surface area contributed by atoms with Gasteiger partial charge in [-0.1, -0.05) is 12.1 Å². The van der Waals surface area contributed by atoms with Crippen LogP contribution in [-0.4, -0.2) is 23.5 Å². The lowest BCUT2D eigenvalue weighted by atomic mass is 10.0. The fourth-order valence-corrected chi connectivity index (χ4v) is 3.49. The largest absolute Gasteiger partial charge is 0.492 e. The van der Waals surface area contributed by atoms with Crippen molar-refractivity contribution in [2.24, 2.45) is 5.73 Å². The van der Waals surface area contributed by atoms with Gasteiger partial charge in [0.15, 0.2) is 5.78 Å². The van der Waals surface area contributed by atoms with E-state index in [2.05, 4.69) is 0 Å². The van der Waals surface area contributed by atoms with Crippen molar-refractivity contribution in [2.45, 2.75) is 19.4 Å². The molecule has 30 heavy (non-hydrogen) atoms. The third-order valence-corrected chi connectivity index (χ3v) is 5.11. The Morgan fingerprint density at radius 3 is 2.63 bits per heavy atom. The number of Topliss-reactive ketones (excluding diaryl/α,β-unsaturated/α-hetero) is 1. The van der Waals surface area contributed by atoms with Crippen molar-refractivity contribution >= 4 is 11.7 Å². The predicted molar refractivity (Wildman–Crippen MR) is 107 cm³/mol. The molecule has 4 rings (SSSR count). The molecule has 2 heterocycles. The van der Waals surface area contributed by atoms with Crippen molar-refractivity contribution < 1.29 is 29.0 Å². The number of aromatic nitrogens is 1. The summed E-state index contributed by atoms with van der Waals surface area (Å²) in [7, 11) is 0. The van der Waals surface area contributed by atoms with Crippen LogP contribution >= 0.6 is 0 Å². The third kappa shape index (κ3) is 3.57. The van der Waals surface area contributed by atoms with Crippen LogP contribution in [0.1, 0.15) is 50.1 Å². The molecule has 0 saturated carbocycles. The molecule has 0 spiro atoms. The first-order valence-electron chi connectivity index (χ1n) is 9.51. The van der Waals surface area contributed by atoms with Crippen LogP contribution in [0.2, 0.25) is 0 Å². The normalized spacial score (nSPS) is 13.8. The molecular weight excluding hydrogens is 384 g/mol. The van der Waals surface area contributed by atoms with Gasteiger partial charge in [0.25, 0.3) is 5.69 Å². The Morgan fingerprint density at radius 1 is 1.17 bits per heavy atom. The van der Waals surface area contributed by atoms with Crippen LogP contribution in [0.25, 0.3) is 0 Å². The minimum atomic E-state index is -0.686. The van der Waals surface area contributed by atoms with Crippen molar-refractivity contribution in [1.82, 2.24) is 0 Å². The fourth-order valence-electron chi connectivity index (χ4n) is 3.49. The van der Waals surface area contributed by atoms with Crippen molar-refractivity contribution in [3.05, 3.63) is 88.7 Å². The molecular formula is C23H21N2O5+. The lowest BCUT2D eigenvalue weighted by molar-refractivity contribution is -0.911. The van der Waals surface area contributed by atoms with Gasteiger partial charge >= 0.3 is 0 Å². The van der Waals surface area contributed by atoms with E-state index >= 15 is 0 Å². The van der Waals surface area contributed by atoms with Crippen LogP contribution in [0.3, 0.4) is 0 Å². The van der Waals surface area contributed by atoms with Gasteiger partial charge in [-0.15, -0.1) is 0 Å². The minimum Gasteiger partial charge on any atom is -0.492 e. The molecule has 0 radical (unpaired) electrons. The van der Waals surface area contributed by atoms with E-state index in [1.165, 1.54) is 6.20 Å². The second kappa shape index (κ2) is 7.87. The minimum absolute atomic E-state index is 0.0424. The van der Waals surface area contributed by atoms with Gasteiger partial charge in [0.2, 0.25) is 18.2 Å². The Bertz CT molecular complexity index is 1120. The molecule has 3 aromatic rings. The number of amides is 1. The molecule has 2 aromatic carbocycles. The van der Waals surface area contributed by atoms with Crippen molar-refractivity contribution in [2.75, 3.05) is 6.61 Å². The van der Waals surface area contributed by atoms with Crippen molar-refractivity contribution in [3.8, 4) is 11.5 Å². The topological polar surface area (TPSA) is 103 Å². The number of ether oxygens (including phenoxy) is 2. The van der Waals surface area contributed by atoms with E-state index in [0.717, 1.165) is 4.73 Å². The highest BCUT2D eigenvalue weighted by molar-refractivity contribution is 6.00. The summed E-state index contributed by atoms with van der Waals surface area (Å²) >= 11 is 0. The maximum atomic E-state index is 12.2. The highest BCUT2D eigenvalue weighted by Crippen LogP contribution is 2.37. The van der Waals surface area contributed by atoms with Gasteiger partial charge in [-0.2, -0.15) is 0 Å². The summed E-state index contributed by atoms with van der Waals surface area (Å²) in [5.41, 5.74) is 8.16. The van der Waals surface area contributed by atoms with E-state index in [9.17, 15) is 14.8 Å². The molecule has 0 aliphatic carbocycles. The Balaban J connectivity index is 1.77. The summed E-state index contributed by atoms with van der Waals surface area (Å²) < 4.78 is 13.0. The molecule has 7 nitrogen and oxygen atoms in total. The average Bonchev–Trinajstić information content (AvgIpc) is 2.75. The highest BCUT2D eigenvalue weighted by Gasteiger charge is 2.29. The number of nitrogens with two attached hydrogens (primary N) is 1. The number of carbonyl (C=O) groups is 2. The standard InChI is InChI=1S/C23H20N2O5/c1-14-20(10-9-17-19(26)11-13-29-21(14)17)30-22(18-4-2-3-12-25(18)28)15-5-7-16(8-6-15)23(24)27/h2-10,12,22H,11,13H2,1H3,(H2-,24,27,28)/p+1/t22-/m0/s1. The number of hydrogen-bond acceptors (Lipinski definition) is 5. The summed E-state index contributed by atoms with van der Waals surface area (Å²) in [5.74, 6) is 0.567. The molecule has 1 aliphatic rings. The van der Waals surface area contributed by atoms with Gasteiger partial charge in [-0.3, -0.25) is 14.8 Å². The number of nitrogens with zero attached hydrogens (tertiary/aromatic N) is 1. The monoisotopic (exact) mass is 405 g/mol. The Labute approximate surface area is 173 Å². The van der Waals surface area contributed by atoms with Crippen LogP contribution in [0.5, 0.6) is 11.5 Å². The molecule has 1 amide bonds. The van der Waals surface area contributed by atoms with E-state index in [1.807, 2.05) is 6.92 Å². The van der Waals surface area contributed by atoms with Crippen LogP contribution in [-0.2, 0) is 0 Å². The SMILES string of the molecule is Cc1c(O[C@@H](c2ccc(C(N)=O)cc2)c2cccc[n+]2O)ccc2c1OCCC2=O. The lowest BCUT2D eigenvalue weighted by Gasteiger charge is -2.23. The number of primary amides is 1. The number of ketones is 1. The van der Waals surface area contributed by atoms with Gasteiger partial charge in [0.1, 0.15) is 11.5 Å². The molecule has 0 fully saturated rings. The maximum Gasteiger partial charge on any atom is 0.278 e. The average molecular weight is 405 g/mol. The number of rotatable bonds is 5. The fraction of sp³-hybridized carbons (Fsp3) is 0.174. The number of pyridine rings is 1. The van der Waals surface area contributed by atoms with E-state index < -0.39 is 12.0 Å². The number of fused-ring (bicyclic) bond motifs is 1. The van der Waals surface area contributed by atoms with Gasteiger partial charge in [-0.25, -0.2) is 0 Å². The van der Waals surface area contributed by atoms with Gasteiger partial charge < -0.3 is 15.2 Å². The summed E-state index contributed by atoms with van der Waals surface area (Å²) in [6, 6.07) is 15.3. The number of carbonyl (C=O) groups excluding carboxylic acids is 2. The first-order valence-corrected chi connectivity index (χ1v) is 9.51. The Morgan fingerprint density at radius 2 is 1.93 bits per heavy atom. The van der Waals surface area contributed by atoms with Crippen molar-refractivity contribution in [1.29, 1.82) is 0 Å². The first kappa shape index (κ1) is 19.4. The zero-order valence-electron chi connectivity index (χ0n) is 16.4. The van der Waals surface area contributed by atoms with E-state index in [1.54, 1.807) is 54.6 Å². The zero-order chi connectivity index (χ0) is 21.3. The third-order valence-electron chi connectivity index (χ3n) is 5.11. The predicted octanol–water partition coefficient (Wildman–Crippen LogP) is 2.75. The highest BCUT2D eigenvalue weighted by atomic mass is 16.5. The summed E-state index contributed by atoms with van der Waals surface area (Å²) in [4.78, 5) is 23.6. The molecule has 0 bridgehead atoms. The van der Waals surface area contributed by atoms with Crippen molar-refractivity contribution in [3.63, 3.8) is 0 Å². The summed E-state index contributed by atoms with van der Waals surface area (Å²) in [6.07, 6.45) is 1.18. The first-order chi connectivity index (χ1) is 14.5. The van der Waals surface area contributed by atoms with Gasteiger partial charge in [-0.05, 0) is 37.3 Å². The summed E-state index contributed by atoms with van der Waals surface area (Å²) in [6.45, 7) is 2.17. The molecule has 1 aromatic heterocycles. The van der Waals surface area contributed by atoms with E-state index in [-0.39, 0.29) is 5.78 Å². The summed E-state index contributed by atoms with van der Waals surface area (Å²) in [5, 5.41) is 10.4. The Hall–Kier alpha value is -3.87. The second-order valence-electron chi connectivity index (χ2n) is 7.04. The van der Waals surface area contributed by atoms with Gasteiger partial charge in [0, 0.05) is 40.0 Å². The van der Waals surface area contributed by atoms with Crippen LogP contribution < -0.4 is 19.9 Å². The van der Waals surface area contributed by atoms with E-state index in [4.69, 9.17) is 15.2 Å². The molecule has 0 saturated heterocycles. The second-order valence-corrected chi connectivity index (χ2v) is 7.04. The van der Waals surface area contributed by atoms with Gasteiger partial charge in [0.05, 0.1) is 12.2 Å². The number of benzene rings is 2. The lowest BCUT2D eigenvalue weighted by Crippen LogP contribution is -2.37. The molecule has 1 atom stereocenters. The maximum absolute atomic E-state index is 12.2. The molecule has 1 aliphatic heterocycles. The zero-order valence-corrected chi connectivity index (χ0v) is 16.4. The molecule has 152 valence electrons. The van der Waals surface area contributed by atoms with Crippen LogP contribution in [0.15, 0.2) is 60.8 Å². The number of hydrogen-bond donors (Lipinski definition) is 2. The Kier molecular flexibility index (Phi) is 5.10. The quantitative estimate of drug-likeness (QED) is 0.502. The smallest absolute Gasteiger partial charge is 0.278 e. The molecule has 0 unspecified atom stereocenters. The molecule has 7 heteroatoms. The van der Waals surface area contributed by atoms with E-state index in [0.29, 0.717) is 52.5 Å². The van der Waals surface area contributed by atoms with Crippen LogP contribution in [0, 0.1) is 6.92 Å². The molecule has 3 N–H and O–H groups in total.